The standard InChI is InChI=1S/C23H15Cl2FN4O/c1-12-2-3-16(9-19(12)25)30-21(13-6-14(24)8-15(26)7-13)10-20(29-30)22-18-11-28-23(31)17(18)4-5-27-22/h2-10H,11H2,1H3,(H,28,31). The van der Waals surface area contributed by atoms with Crippen molar-refractivity contribution in [3.05, 3.63) is 87.3 Å². The van der Waals surface area contributed by atoms with E-state index in [9.17, 15) is 9.18 Å². The smallest absolute Gasteiger partial charge is 0.252 e. The topological polar surface area (TPSA) is 59.8 Å². The van der Waals surface area contributed by atoms with Gasteiger partial charge >= 0.3 is 0 Å². The third-order valence-corrected chi connectivity index (χ3v) is 5.86. The lowest BCUT2D eigenvalue weighted by Gasteiger charge is -2.09. The average Bonchev–Trinajstić information content (AvgIpc) is 3.34. The number of carbonyl (C=O) groups excluding carboxylic acids is 1. The van der Waals surface area contributed by atoms with Crippen molar-refractivity contribution in [1.29, 1.82) is 0 Å². The molecule has 31 heavy (non-hydrogen) atoms. The third-order valence-electron chi connectivity index (χ3n) is 5.24. The molecule has 0 bridgehead atoms. The largest absolute Gasteiger partial charge is 0.348 e. The first-order chi connectivity index (χ1) is 14.9. The predicted molar refractivity (Wildman–Crippen MR) is 118 cm³/mol. The summed E-state index contributed by atoms with van der Waals surface area (Å²) in [5.41, 5.74) is 5.32. The molecule has 1 aliphatic heterocycles. The summed E-state index contributed by atoms with van der Waals surface area (Å²) in [5, 5.41) is 8.43. The Hall–Kier alpha value is -3.22. The number of benzene rings is 2. The van der Waals surface area contributed by atoms with E-state index in [1.54, 1.807) is 29.1 Å². The van der Waals surface area contributed by atoms with Crippen molar-refractivity contribution in [2.75, 3.05) is 0 Å². The van der Waals surface area contributed by atoms with Gasteiger partial charge in [-0.2, -0.15) is 5.10 Å². The Morgan fingerprint density at radius 3 is 2.71 bits per heavy atom. The summed E-state index contributed by atoms with van der Waals surface area (Å²) in [4.78, 5) is 16.5. The Morgan fingerprint density at radius 2 is 1.94 bits per heavy atom. The van der Waals surface area contributed by atoms with Crippen LogP contribution in [0.25, 0.3) is 28.3 Å². The van der Waals surface area contributed by atoms with Gasteiger partial charge in [-0.25, -0.2) is 9.07 Å². The molecule has 2 aromatic heterocycles. The minimum absolute atomic E-state index is 0.138. The zero-order valence-corrected chi connectivity index (χ0v) is 17.8. The monoisotopic (exact) mass is 452 g/mol. The van der Waals surface area contributed by atoms with E-state index in [1.165, 1.54) is 12.1 Å². The number of amides is 1. The molecular weight excluding hydrogens is 438 g/mol. The Kier molecular flexibility index (Phi) is 4.76. The van der Waals surface area contributed by atoms with Crippen molar-refractivity contribution >= 4 is 29.1 Å². The number of carbonyl (C=O) groups is 1. The lowest BCUT2D eigenvalue weighted by Crippen LogP contribution is -2.12. The summed E-state index contributed by atoms with van der Waals surface area (Å²) in [7, 11) is 0. The highest BCUT2D eigenvalue weighted by Crippen LogP contribution is 2.33. The molecule has 8 heteroatoms. The molecule has 0 spiro atoms. The molecule has 0 atom stereocenters. The second-order valence-electron chi connectivity index (χ2n) is 7.29. The van der Waals surface area contributed by atoms with Crippen LogP contribution in [0.3, 0.4) is 0 Å². The maximum absolute atomic E-state index is 14.1. The Labute approximate surface area is 187 Å². The van der Waals surface area contributed by atoms with Gasteiger partial charge in [-0.05, 0) is 55.0 Å². The molecule has 3 heterocycles. The van der Waals surface area contributed by atoms with E-state index in [0.29, 0.717) is 45.5 Å². The normalized spacial score (nSPS) is 12.7. The summed E-state index contributed by atoms with van der Waals surface area (Å²) < 4.78 is 15.8. The van der Waals surface area contributed by atoms with Crippen LogP contribution in [0.5, 0.6) is 0 Å². The molecule has 0 fully saturated rings. The number of hydrogen-bond donors (Lipinski definition) is 1. The Bertz CT molecular complexity index is 1350. The van der Waals surface area contributed by atoms with E-state index in [4.69, 9.17) is 28.3 Å². The van der Waals surface area contributed by atoms with Crippen LogP contribution in [-0.4, -0.2) is 20.7 Å². The minimum Gasteiger partial charge on any atom is -0.348 e. The van der Waals surface area contributed by atoms with E-state index in [-0.39, 0.29) is 10.9 Å². The number of aryl methyl sites for hydroxylation is 1. The first-order valence-electron chi connectivity index (χ1n) is 9.50. The van der Waals surface area contributed by atoms with Crippen molar-refractivity contribution in [3.63, 3.8) is 0 Å². The number of rotatable bonds is 3. The van der Waals surface area contributed by atoms with E-state index in [1.807, 2.05) is 25.1 Å². The number of aromatic nitrogens is 3. The molecule has 0 saturated heterocycles. The summed E-state index contributed by atoms with van der Waals surface area (Å²) >= 11 is 12.5. The number of hydrogen-bond acceptors (Lipinski definition) is 3. The fourth-order valence-corrected chi connectivity index (χ4v) is 4.08. The fourth-order valence-electron chi connectivity index (χ4n) is 3.68. The SMILES string of the molecule is Cc1ccc(-n2nc(-c3nccc4c3CNC4=O)cc2-c2cc(F)cc(Cl)c2)cc1Cl. The average molecular weight is 453 g/mol. The van der Waals surface area contributed by atoms with Gasteiger partial charge < -0.3 is 5.32 Å². The predicted octanol–water partition coefficient (Wildman–Crippen LogP) is 5.60. The molecular formula is C23H15Cl2FN4O. The maximum Gasteiger partial charge on any atom is 0.252 e. The highest BCUT2D eigenvalue weighted by molar-refractivity contribution is 6.31. The van der Waals surface area contributed by atoms with Gasteiger partial charge in [0.2, 0.25) is 0 Å². The van der Waals surface area contributed by atoms with Crippen LogP contribution in [0.15, 0.2) is 54.7 Å². The molecule has 0 aliphatic carbocycles. The summed E-state index contributed by atoms with van der Waals surface area (Å²) in [6, 6.07) is 13.4. The first-order valence-corrected chi connectivity index (χ1v) is 10.3. The van der Waals surface area contributed by atoms with Crippen LogP contribution in [0.2, 0.25) is 10.0 Å². The first kappa shape index (κ1) is 19.7. The van der Waals surface area contributed by atoms with Crippen molar-refractivity contribution in [3.8, 4) is 28.3 Å². The third kappa shape index (κ3) is 3.48. The number of fused-ring (bicyclic) bond motifs is 1. The molecule has 4 aromatic rings. The number of pyridine rings is 1. The van der Waals surface area contributed by atoms with Gasteiger partial charge in [-0.3, -0.25) is 9.78 Å². The lowest BCUT2D eigenvalue weighted by molar-refractivity contribution is 0.0965. The van der Waals surface area contributed by atoms with Crippen LogP contribution >= 0.6 is 23.2 Å². The summed E-state index contributed by atoms with van der Waals surface area (Å²) in [5.74, 6) is -0.590. The quantitative estimate of drug-likeness (QED) is 0.440. The molecule has 1 aliphatic rings. The molecule has 1 amide bonds. The van der Waals surface area contributed by atoms with Crippen molar-refractivity contribution in [2.45, 2.75) is 13.5 Å². The molecule has 154 valence electrons. The molecule has 0 saturated carbocycles. The van der Waals surface area contributed by atoms with Crippen LogP contribution in [0.1, 0.15) is 21.5 Å². The second-order valence-corrected chi connectivity index (χ2v) is 8.13. The molecule has 0 radical (unpaired) electrons. The molecule has 5 nitrogen and oxygen atoms in total. The van der Waals surface area contributed by atoms with E-state index >= 15 is 0 Å². The van der Waals surface area contributed by atoms with Gasteiger partial charge in [-0.1, -0.05) is 29.3 Å². The van der Waals surface area contributed by atoms with Crippen LogP contribution < -0.4 is 5.32 Å². The Balaban J connectivity index is 1.75. The molecule has 5 rings (SSSR count). The van der Waals surface area contributed by atoms with Crippen molar-refractivity contribution in [2.24, 2.45) is 0 Å². The fraction of sp³-hybridized carbons (Fsp3) is 0.0870. The lowest BCUT2D eigenvalue weighted by atomic mass is 10.1. The van der Waals surface area contributed by atoms with Gasteiger partial charge in [0.05, 0.1) is 17.1 Å². The van der Waals surface area contributed by atoms with Gasteiger partial charge in [0.25, 0.3) is 5.91 Å². The van der Waals surface area contributed by atoms with Crippen LogP contribution in [0, 0.1) is 12.7 Å². The zero-order valence-electron chi connectivity index (χ0n) is 16.3. The van der Waals surface area contributed by atoms with Crippen LogP contribution in [0.4, 0.5) is 4.39 Å². The van der Waals surface area contributed by atoms with Gasteiger partial charge in [0.15, 0.2) is 0 Å². The van der Waals surface area contributed by atoms with E-state index < -0.39 is 5.82 Å². The Morgan fingerprint density at radius 1 is 1.10 bits per heavy atom. The number of nitrogens with zero attached hydrogens (tertiary/aromatic N) is 3. The maximum atomic E-state index is 14.1. The highest BCUT2D eigenvalue weighted by Gasteiger charge is 2.25. The van der Waals surface area contributed by atoms with Gasteiger partial charge in [0.1, 0.15) is 11.5 Å². The minimum atomic E-state index is -0.452. The molecule has 1 N–H and O–H groups in total. The summed E-state index contributed by atoms with van der Waals surface area (Å²) in [6.07, 6.45) is 1.58. The summed E-state index contributed by atoms with van der Waals surface area (Å²) in [6.45, 7) is 2.29. The van der Waals surface area contributed by atoms with Gasteiger partial charge in [-0.15, -0.1) is 0 Å². The van der Waals surface area contributed by atoms with E-state index in [0.717, 1.165) is 11.1 Å². The number of nitrogens with one attached hydrogen (secondary N) is 1. The van der Waals surface area contributed by atoms with Gasteiger partial charge in [0, 0.05) is 39.5 Å². The van der Waals surface area contributed by atoms with E-state index in [2.05, 4.69) is 10.3 Å². The zero-order chi connectivity index (χ0) is 21.7. The van der Waals surface area contributed by atoms with Crippen LogP contribution in [-0.2, 0) is 6.54 Å². The second kappa shape index (κ2) is 7.48. The highest BCUT2D eigenvalue weighted by atomic mass is 35.5. The van der Waals surface area contributed by atoms with Crippen molar-refractivity contribution in [1.82, 2.24) is 20.1 Å². The number of halogens is 3. The molecule has 0 unspecified atom stereocenters. The molecule has 2 aromatic carbocycles. The van der Waals surface area contributed by atoms with Crippen molar-refractivity contribution < 1.29 is 9.18 Å².